The van der Waals surface area contributed by atoms with Gasteiger partial charge < -0.3 is 5.32 Å². The fraction of sp³-hybridized carbons (Fsp3) is 0.500. The van der Waals surface area contributed by atoms with Crippen molar-refractivity contribution < 1.29 is 22.0 Å². The molecule has 102 valence electrons. The van der Waals surface area contributed by atoms with Crippen LogP contribution in [-0.2, 0) is 0 Å². The summed E-state index contributed by atoms with van der Waals surface area (Å²) in [5.41, 5.74) is -0.0375. The van der Waals surface area contributed by atoms with Crippen LogP contribution in [0.5, 0.6) is 0 Å². The standard InChI is InChI=1S/C12H14F5N/c1-3-18-11(6-12(15,16)17)8-4-7(2)9(13)5-10(8)14/h4-5,11,18H,3,6H2,1-2H3. The van der Waals surface area contributed by atoms with Crippen molar-refractivity contribution in [3.8, 4) is 0 Å². The van der Waals surface area contributed by atoms with E-state index in [-0.39, 0.29) is 17.7 Å². The van der Waals surface area contributed by atoms with Gasteiger partial charge >= 0.3 is 6.18 Å². The first-order valence-electron chi connectivity index (χ1n) is 5.50. The van der Waals surface area contributed by atoms with Crippen molar-refractivity contribution in [1.29, 1.82) is 0 Å². The zero-order chi connectivity index (χ0) is 13.9. The van der Waals surface area contributed by atoms with Gasteiger partial charge in [-0.2, -0.15) is 13.2 Å². The Balaban J connectivity index is 3.09. The van der Waals surface area contributed by atoms with Gasteiger partial charge in [-0.05, 0) is 25.1 Å². The first-order chi connectivity index (χ1) is 8.24. The summed E-state index contributed by atoms with van der Waals surface area (Å²) in [5, 5.41) is 2.56. The molecule has 0 saturated carbocycles. The molecule has 0 aliphatic rings. The second-order valence-electron chi connectivity index (χ2n) is 4.05. The lowest BCUT2D eigenvalue weighted by Crippen LogP contribution is -2.27. The molecule has 1 N–H and O–H groups in total. The Hall–Kier alpha value is -1.17. The van der Waals surface area contributed by atoms with Crippen molar-refractivity contribution in [3.05, 3.63) is 34.9 Å². The van der Waals surface area contributed by atoms with Crippen molar-refractivity contribution >= 4 is 0 Å². The average molecular weight is 267 g/mol. The monoisotopic (exact) mass is 267 g/mol. The van der Waals surface area contributed by atoms with E-state index in [2.05, 4.69) is 5.32 Å². The van der Waals surface area contributed by atoms with Gasteiger partial charge in [-0.25, -0.2) is 8.78 Å². The van der Waals surface area contributed by atoms with Gasteiger partial charge in [0.2, 0.25) is 0 Å². The summed E-state index contributed by atoms with van der Waals surface area (Å²) in [6.07, 6.45) is -5.61. The molecular formula is C12H14F5N. The minimum atomic E-state index is -4.42. The maximum Gasteiger partial charge on any atom is 0.390 e. The molecule has 0 radical (unpaired) electrons. The SMILES string of the molecule is CCNC(CC(F)(F)F)c1cc(C)c(F)cc1F. The van der Waals surface area contributed by atoms with E-state index in [0.29, 0.717) is 6.07 Å². The van der Waals surface area contributed by atoms with Crippen LogP contribution in [0.1, 0.15) is 30.5 Å². The smallest absolute Gasteiger partial charge is 0.310 e. The van der Waals surface area contributed by atoms with E-state index < -0.39 is 30.3 Å². The zero-order valence-electron chi connectivity index (χ0n) is 10.0. The van der Waals surface area contributed by atoms with Crippen LogP contribution in [0.4, 0.5) is 22.0 Å². The second-order valence-corrected chi connectivity index (χ2v) is 4.05. The summed E-state index contributed by atoms with van der Waals surface area (Å²) < 4.78 is 63.8. The average Bonchev–Trinajstić information content (AvgIpc) is 2.21. The van der Waals surface area contributed by atoms with Crippen LogP contribution in [-0.4, -0.2) is 12.7 Å². The highest BCUT2D eigenvalue weighted by atomic mass is 19.4. The van der Waals surface area contributed by atoms with Crippen molar-refractivity contribution in [1.82, 2.24) is 5.32 Å². The molecule has 18 heavy (non-hydrogen) atoms. The van der Waals surface area contributed by atoms with Crippen molar-refractivity contribution in [2.24, 2.45) is 0 Å². The van der Waals surface area contributed by atoms with Gasteiger partial charge in [-0.3, -0.25) is 0 Å². The topological polar surface area (TPSA) is 12.0 Å². The molecule has 0 spiro atoms. The largest absolute Gasteiger partial charge is 0.390 e. The quantitative estimate of drug-likeness (QED) is 0.816. The van der Waals surface area contributed by atoms with E-state index in [1.807, 2.05) is 0 Å². The van der Waals surface area contributed by atoms with E-state index in [0.717, 1.165) is 6.07 Å². The molecule has 1 nitrogen and oxygen atoms in total. The molecule has 0 heterocycles. The van der Waals surface area contributed by atoms with E-state index in [1.54, 1.807) is 6.92 Å². The van der Waals surface area contributed by atoms with Gasteiger partial charge in [0.25, 0.3) is 0 Å². The molecule has 0 fully saturated rings. The van der Waals surface area contributed by atoms with Crippen molar-refractivity contribution in [3.63, 3.8) is 0 Å². The summed E-state index contributed by atoms with van der Waals surface area (Å²) in [5.74, 6) is -1.73. The molecule has 0 aliphatic heterocycles. The lowest BCUT2D eigenvalue weighted by molar-refractivity contribution is -0.140. The van der Waals surface area contributed by atoms with Crippen LogP contribution < -0.4 is 5.32 Å². The van der Waals surface area contributed by atoms with Crippen LogP contribution >= 0.6 is 0 Å². The van der Waals surface area contributed by atoms with E-state index in [4.69, 9.17) is 0 Å². The third-order valence-electron chi connectivity index (χ3n) is 2.54. The van der Waals surface area contributed by atoms with E-state index in [9.17, 15) is 22.0 Å². The second kappa shape index (κ2) is 5.65. The summed E-state index contributed by atoms with van der Waals surface area (Å²) in [7, 11) is 0. The number of nitrogens with one attached hydrogen (secondary N) is 1. The molecule has 0 aliphatic carbocycles. The van der Waals surface area contributed by atoms with Crippen LogP contribution in [0, 0.1) is 18.6 Å². The van der Waals surface area contributed by atoms with Crippen LogP contribution in [0.25, 0.3) is 0 Å². The Kier molecular flexibility index (Phi) is 4.67. The number of halogens is 5. The predicted molar refractivity (Wildman–Crippen MR) is 58.2 cm³/mol. The summed E-state index contributed by atoms with van der Waals surface area (Å²) in [4.78, 5) is 0. The lowest BCUT2D eigenvalue weighted by Gasteiger charge is -2.21. The fourth-order valence-corrected chi connectivity index (χ4v) is 1.72. The Morgan fingerprint density at radius 1 is 1.17 bits per heavy atom. The van der Waals surface area contributed by atoms with E-state index in [1.165, 1.54) is 6.92 Å². The molecule has 1 unspecified atom stereocenters. The Morgan fingerprint density at radius 2 is 1.78 bits per heavy atom. The maximum absolute atomic E-state index is 13.5. The molecule has 1 aromatic carbocycles. The number of aryl methyl sites for hydroxylation is 1. The Bertz CT molecular complexity index is 414. The van der Waals surface area contributed by atoms with Gasteiger partial charge in [0.05, 0.1) is 6.42 Å². The molecular weight excluding hydrogens is 253 g/mol. The number of alkyl halides is 3. The van der Waals surface area contributed by atoms with Crippen LogP contribution in [0.3, 0.4) is 0 Å². The van der Waals surface area contributed by atoms with Gasteiger partial charge in [0.1, 0.15) is 11.6 Å². The number of hydrogen-bond donors (Lipinski definition) is 1. The van der Waals surface area contributed by atoms with Crippen LogP contribution in [0.15, 0.2) is 12.1 Å². The molecule has 1 aromatic rings. The first-order valence-corrected chi connectivity index (χ1v) is 5.50. The predicted octanol–water partition coefficient (Wildman–Crippen LogP) is 3.88. The van der Waals surface area contributed by atoms with Crippen molar-refractivity contribution in [2.45, 2.75) is 32.5 Å². The third-order valence-corrected chi connectivity index (χ3v) is 2.54. The summed E-state index contributed by atoms with van der Waals surface area (Å²) >= 11 is 0. The highest BCUT2D eigenvalue weighted by Gasteiger charge is 2.33. The Labute approximate surface area is 102 Å². The minimum Gasteiger partial charge on any atom is -0.310 e. The normalized spacial score (nSPS) is 13.7. The van der Waals surface area contributed by atoms with Gasteiger partial charge in [-0.1, -0.05) is 6.92 Å². The molecule has 0 saturated heterocycles. The summed E-state index contributed by atoms with van der Waals surface area (Å²) in [6, 6.07) is 0.532. The minimum absolute atomic E-state index is 0.122. The van der Waals surface area contributed by atoms with Crippen LogP contribution in [0.2, 0.25) is 0 Å². The lowest BCUT2D eigenvalue weighted by atomic mass is 10.00. The zero-order valence-corrected chi connectivity index (χ0v) is 10.0. The summed E-state index contributed by atoms with van der Waals surface area (Å²) in [6.45, 7) is 3.27. The highest BCUT2D eigenvalue weighted by Crippen LogP contribution is 2.31. The fourth-order valence-electron chi connectivity index (χ4n) is 1.72. The maximum atomic E-state index is 13.5. The molecule has 1 atom stereocenters. The molecule has 0 aromatic heterocycles. The third kappa shape index (κ3) is 3.94. The van der Waals surface area contributed by atoms with Gasteiger partial charge in [-0.15, -0.1) is 0 Å². The van der Waals surface area contributed by atoms with Gasteiger partial charge in [0.15, 0.2) is 0 Å². The highest BCUT2D eigenvalue weighted by molar-refractivity contribution is 5.28. The molecule has 0 amide bonds. The first kappa shape index (κ1) is 14.9. The molecule has 1 rings (SSSR count). The van der Waals surface area contributed by atoms with E-state index >= 15 is 0 Å². The number of benzene rings is 1. The molecule has 0 bridgehead atoms. The molecule has 6 heteroatoms. The van der Waals surface area contributed by atoms with Crippen molar-refractivity contribution in [2.75, 3.05) is 6.54 Å². The number of hydrogen-bond acceptors (Lipinski definition) is 1. The Morgan fingerprint density at radius 3 is 2.28 bits per heavy atom. The number of rotatable bonds is 4. The van der Waals surface area contributed by atoms with Gasteiger partial charge in [0, 0.05) is 17.7 Å².